The molecular formula is C32H48Cl2N2+2. The van der Waals surface area contributed by atoms with Crippen LogP contribution in [0.3, 0.4) is 0 Å². The molecule has 2 unspecified atom stereocenters. The lowest BCUT2D eigenvalue weighted by Gasteiger charge is -2.07. The molecule has 0 amide bonds. The first-order chi connectivity index (χ1) is 17.6. The Hall–Kier alpha value is -1.64. The van der Waals surface area contributed by atoms with Crippen LogP contribution in [0.1, 0.15) is 126 Å². The Morgan fingerprint density at radius 1 is 0.583 bits per heavy atom. The minimum atomic E-state index is 0.0498. The molecule has 4 heteroatoms. The third kappa shape index (κ3) is 13.1. The van der Waals surface area contributed by atoms with Crippen LogP contribution in [0.15, 0.2) is 61.2 Å². The van der Waals surface area contributed by atoms with Gasteiger partial charge < -0.3 is 0 Å². The number of allylic oxidation sites excluding steroid dienone is 2. The Morgan fingerprint density at radius 2 is 0.917 bits per heavy atom. The third-order valence-corrected chi connectivity index (χ3v) is 7.46. The number of aromatic nitrogens is 2. The van der Waals surface area contributed by atoms with Crippen molar-refractivity contribution in [1.29, 1.82) is 0 Å². The van der Waals surface area contributed by atoms with E-state index in [2.05, 4.69) is 96.3 Å². The van der Waals surface area contributed by atoms with E-state index in [1.165, 1.54) is 75.3 Å². The van der Waals surface area contributed by atoms with Crippen molar-refractivity contribution in [1.82, 2.24) is 0 Å². The van der Waals surface area contributed by atoms with Gasteiger partial charge in [0, 0.05) is 37.1 Å². The molecule has 0 aliphatic rings. The van der Waals surface area contributed by atoms with Crippen molar-refractivity contribution in [2.45, 2.75) is 115 Å². The van der Waals surface area contributed by atoms with Crippen molar-refractivity contribution in [3.63, 3.8) is 0 Å². The summed E-state index contributed by atoms with van der Waals surface area (Å²) in [6.07, 6.45) is 34.2. The van der Waals surface area contributed by atoms with E-state index in [1.54, 1.807) is 0 Å². The molecular weight excluding hydrogens is 483 g/mol. The van der Waals surface area contributed by atoms with Crippen molar-refractivity contribution in [2.75, 3.05) is 0 Å². The fraction of sp³-hybridized carbons (Fsp3) is 0.562. The van der Waals surface area contributed by atoms with Crippen LogP contribution in [-0.4, -0.2) is 0 Å². The molecule has 0 aliphatic carbocycles. The van der Waals surface area contributed by atoms with Gasteiger partial charge in [0.2, 0.25) is 11.0 Å². The quantitative estimate of drug-likeness (QED) is 0.0968. The molecule has 0 saturated heterocycles. The summed E-state index contributed by atoms with van der Waals surface area (Å²) in [5, 5.41) is 0. The van der Waals surface area contributed by atoms with Gasteiger partial charge in [0.05, 0.1) is 0 Å². The fourth-order valence-corrected chi connectivity index (χ4v) is 4.82. The zero-order valence-electron chi connectivity index (χ0n) is 22.6. The van der Waals surface area contributed by atoms with Gasteiger partial charge >= 0.3 is 0 Å². The minimum Gasteiger partial charge on any atom is -0.188 e. The Balaban J connectivity index is 1.48. The van der Waals surface area contributed by atoms with E-state index < -0.39 is 0 Å². The Bertz CT molecular complexity index is 785. The van der Waals surface area contributed by atoms with Crippen molar-refractivity contribution in [3.8, 4) is 0 Å². The smallest absolute Gasteiger partial charge is 0.188 e. The molecule has 0 aromatic carbocycles. The monoisotopic (exact) mass is 530 g/mol. The molecule has 2 aromatic rings. The van der Waals surface area contributed by atoms with Crippen molar-refractivity contribution >= 4 is 35.4 Å². The molecule has 0 bridgehead atoms. The predicted molar refractivity (Wildman–Crippen MR) is 157 cm³/mol. The first-order valence-electron chi connectivity index (χ1n) is 14.3. The van der Waals surface area contributed by atoms with E-state index in [-0.39, 0.29) is 11.0 Å². The average molecular weight is 532 g/mol. The number of halogens is 2. The summed E-state index contributed by atoms with van der Waals surface area (Å²) >= 11 is 13.2. The lowest BCUT2D eigenvalue weighted by atomic mass is 10.1. The van der Waals surface area contributed by atoms with E-state index in [1.807, 2.05) is 0 Å². The predicted octanol–water partition coefficient (Wildman–Crippen LogP) is 9.96. The normalized spacial score (nSPS) is 13.6. The van der Waals surface area contributed by atoms with Crippen LogP contribution in [0.5, 0.6) is 0 Å². The molecule has 0 saturated carbocycles. The summed E-state index contributed by atoms with van der Waals surface area (Å²) in [6, 6.07) is 8.59. The number of unbranched alkanes of at least 4 members (excludes halogenated alkanes) is 9. The van der Waals surface area contributed by atoms with Crippen LogP contribution >= 0.6 is 23.2 Å². The van der Waals surface area contributed by atoms with Crippen LogP contribution in [0.25, 0.3) is 12.2 Å². The highest BCUT2D eigenvalue weighted by molar-refractivity contribution is 6.18. The molecule has 2 nitrogen and oxygen atoms in total. The van der Waals surface area contributed by atoms with E-state index in [9.17, 15) is 0 Å². The highest BCUT2D eigenvalue weighted by atomic mass is 35.5. The van der Waals surface area contributed by atoms with Crippen molar-refractivity contribution < 1.29 is 9.13 Å². The molecule has 2 atom stereocenters. The van der Waals surface area contributed by atoms with Gasteiger partial charge in [-0.3, -0.25) is 0 Å². The topological polar surface area (TPSA) is 7.76 Å². The first kappa shape index (κ1) is 30.6. The summed E-state index contributed by atoms with van der Waals surface area (Å²) in [7, 11) is 0. The number of hydrogen-bond donors (Lipinski definition) is 0. The highest BCUT2D eigenvalue weighted by Crippen LogP contribution is 2.18. The molecule has 0 N–H and O–H groups in total. The molecule has 0 aliphatic heterocycles. The minimum absolute atomic E-state index is 0.0498. The number of hydrogen-bond acceptors (Lipinski definition) is 0. The van der Waals surface area contributed by atoms with Gasteiger partial charge in [-0.2, -0.15) is 9.13 Å². The second-order valence-electron chi connectivity index (χ2n) is 9.81. The summed E-state index contributed by atoms with van der Waals surface area (Å²) in [6.45, 7) is 4.40. The molecule has 0 spiro atoms. The Morgan fingerprint density at radius 3 is 1.25 bits per heavy atom. The lowest BCUT2D eigenvalue weighted by Crippen LogP contribution is -2.35. The summed E-state index contributed by atoms with van der Waals surface area (Å²) in [5.41, 5.74) is 2.59. The standard InChI is InChI=1S/C32H48Cl2N2/c1-3-5-13-17-29-21-25-35(26-22-29)31(33)19-15-11-9-7-8-10-12-16-20-32(34)36-27-23-30(24-28-36)18-14-6-4-2/h13-14,17-18,21-28,31-32H,3-12,15-16,19-20H2,1-2H3/q+2. The van der Waals surface area contributed by atoms with Crippen LogP contribution in [-0.2, 0) is 0 Å². The first-order valence-corrected chi connectivity index (χ1v) is 15.1. The van der Waals surface area contributed by atoms with Crippen molar-refractivity contribution in [2.24, 2.45) is 0 Å². The van der Waals surface area contributed by atoms with Gasteiger partial charge in [0.1, 0.15) is 0 Å². The SMILES string of the molecule is CCCC=Cc1cc[n+](C(Cl)CCCCCCCCCCC(Cl)[n+]2ccc(C=CCCC)cc2)cc1. The van der Waals surface area contributed by atoms with Crippen molar-refractivity contribution in [3.05, 3.63) is 72.3 Å². The maximum atomic E-state index is 6.62. The van der Waals surface area contributed by atoms with Gasteiger partial charge in [-0.25, -0.2) is 0 Å². The van der Waals surface area contributed by atoms with Gasteiger partial charge in [-0.05, 0) is 60.0 Å². The van der Waals surface area contributed by atoms with E-state index >= 15 is 0 Å². The second-order valence-corrected chi connectivity index (χ2v) is 10.8. The number of nitrogens with zero attached hydrogens (tertiary/aromatic N) is 2. The number of rotatable bonds is 19. The molecule has 2 heterocycles. The summed E-state index contributed by atoms with van der Waals surface area (Å²) in [5.74, 6) is 0. The second kappa shape index (κ2) is 19.5. The number of alkyl halides is 2. The summed E-state index contributed by atoms with van der Waals surface area (Å²) < 4.78 is 4.25. The number of pyridine rings is 2. The van der Waals surface area contributed by atoms with Crippen LogP contribution < -0.4 is 9.13 Å². The third-order valence-electron chi connectivity index (χ3n) is 6.57. The summed E-state index contributed by atoms with van der Waals surface area (Å²) in [4.78, 5) is 0. The zero-order valence-corrected chi connectivity index (χ0v) is 24.1. The maximum absolute atomic E-state index is 6.62. The van der Waals surface area contributed by atoms with Crippen LogP contribution in [0, 0.1) is 0 Å². The average Bonchev–Trinajstić information content (AvgIpc) is 2.90. The van der Waals surface area contributed by atoms with Gasteiger partial charge in [0.25, 0.3) is 0 Å². The molecule has 36 heavy (non-hydrogen) atoms. The molecule has 0 fully saturated rings. The van der Waals surface area contributed by atoms with E-state index in [0.717, 1.165) is 25.7 Å². The van der Waals surface area contributed by atoms with Gasteiger partial charge in [-0.15, -0.1) is 0 Å². The highest BCUT2D eigenvalue weighted by Gasteiger charge is 2.14. The molecule has 198 valence electrons. The van der Waals surface area contributed by atoms with Crippen LogP contribution in [0.2, 0.25) is 0 Å². The Kier molecular flexibility index (Phi) is 16.5. The molecule has 2 aromatic heterocycles. The van der Waals surface area contributed by atoms with Gasteiger partial charge in [-0.1, -0.05) is 89.5 Å². The molecule has 2 rings (SSSR count). The fourth-order valence-electron chi connectivity index (χ4n) is 4.25. The maximum Gasteiger partial charge on any atom is 0.232 e. The largest absolute Gasteiger partial charge is 0.232 e. The zero-order chi connectivity index (χ0) is 25.8. The van der Waals surface area contributed by atoms with Gasteiger partial charge in [0.15, 0.2) is 24.8 Å². The Labute approximate surface area is 231 Å². The lowest BCUT2D eigenvalue weighted by molar-refractivity contribution is -0.703. The van der Waals surface area contributed by atoms with Crippen LogP contribution in [0.4, 0.5) is 0 Å². The molecule has 0 radical (unpaired) electrons. The van der Waals surface area contributed by atoms with E-state index in [0.29, 0.717) is 0 Å². The van der Waals surface area contributed by atoms with E-state index in [4.69, 9.17) is 23.2 Å².